The second-order valence-electron chi connectivity index (χ2n) is 2.96. The third-order valence-corrected chi connectivity index (χ3v) is 2.06. The Labute approximate surface area is 81.5 Å². The van der Waals surface area contributed by atoms with Gasteiger partial charge in [0.2, 0.25) is 0 Å². The van der Waals surface area contributed by atoms with E-state index in [4.69, 9.17) is 10.2 Å². The number of nitrogens with zero attached hydrogens (tertiary/aromatic N) is 3. The highest BCUT2D eigenvalue weighted by Gasteiger charge is 2.09. The molecule has 2 rings (SSSR count). The first-order valence-corrected chi connectivity index (χ1v) is 4.51. The molecule has 0 radical (unpaired) electrons. The smallest absolute Gasteiger partial charge is 0.153 e. The third-order valence-electron chi connectivity index (χ3n) is 2.06. The van der Waals surface area contributed by atoms with Crippen molar-refractivity contribution in [1.82, 2.24) is 15.0 Å². The minimum Gasteiger partial charge on any atom is -0.462 e. The molecule has 2 aromatic heterocycles. The summed E-state index contributed by atoms with van der Waals surface area (Å²) in [4.78, 5) is 0. The van der Waals surface area contributed by atoms with E-state index in [2.05, 4.69) is 10.3 Å². The summed E-state index contributed by atoms with van der Waals surface area (Å²) in [5.41, 5.74) is 7.35. The predicted molar refractivity (Wildman–Crippen MR) is 51.3 cm³/mol. The molecule has 2 heterocycles. The molecule has 0 atom stereocenters. The number of aryl methyl sites for hydroxylation is 1. The number of aromatic nitrogens is 3. The summed E-state index contributed by atoms with van der Waals surface area (Å²) in [7, 11) is 0. The summed E-state index contributed by atoms with van der Waals surface area (Å²) in [6.07, 6.45) is 3.34. The molecule has 0 amide bonds. The summed E-state index contributed by atoms with van der Waals surface area (Å²) < 4.78 is 7.14. The number of rotatable bonds is 3. The zero-order valence-corrected chi connectivity index (χ0v) is 7.97. The molecule has 14 heavy (non-hydrogen) atoms. The van der Waals surface area contributed by atoms with E-state index >= 15 is 0 Å². The standard InChI is InChI=1S/C9H12N4O/c1-2-13-8(5-11-12-13)9-3-7(4-10)6-14-9/h3,5-6H,2,4,10H2,1H3. The van der Waals surface area contributed by atoms with E-state index in [1.165, 1.54) is 0 Å². The normalized spacial score (nSPS) is 10.7. The molecule has 0 saturated heterocycles. The molecule has 2 N–H and O–H groups in total. The van der Waals surface area contributed by atoms with Gasteiger partial charge in [0.1, 0.15) is 5.69 Å². The lowest BCUT2D eigenvalue weighted by Crippen LogP contribution is -1.98. The van der Waals surface area contributed by atoms with Gasteiger partial charge >= 0.3 is 0 Å². The van der Waals surface area contributed by atoms with Crippen molar-refractivity contribution >= 4 is 0 Å². The van der Waals surface area contributed by atoms with Gasteiger partial charge in [0.05, 0.1) is 12.5 Å². The highest BCUT2D eigenvalue weighted by atomic mass is 16.3. The molecule has 0 bridgehead atoms. The van der Waals surface area contributed by atoms with Gasteiger partial charge in [-0.25, -0.2) is 4.68 Å². The van der Waals surface area contributed by atoms with Gasteiger partial charge in [0.25, 0.3) is 0 Å². The highest BCUT2D eigenvalue weighted by molar-refractivity contribution is 5.51. The number of hydrogen-bond donors (Lipinski definition) is 1. The van der Waals surface area contributed by atoms with Gasteiger partial charge in [-0.05, 0) is 13.0 Å². The lowest BCUT2D eigenvalue weighted by atomic mass is 10.3. The zero-order valence-electron chi connectivity index (χ0n) is 7.97. The van der Waals surface area contributed by atoms with Crippen LogP contribution in [-0.4, -0.2) is 15.0 Å². The maximum Gasteiger partial charge on any atom is 0.153 e. The van der Waals surface area contributed by atoms with Crippen LogP contribution in [0.25, 0.3) is 11.5 Å². The lowest BCUT2D eigenvalue weighted by molar-refractivity contribution is 0.559. The fraction of sp³-hybridized carbons (Fsp3) is 0.333. The molecule has 0 aromatic carbocycles. The largest absolute Gasteiger partial charge is 0.462 e. The van der Waals surface area contributed by atoms with Crippen molar-refractivity contribution in [1.29, 1.82) is 0 Å². The van der Waals surface area contributed by atoms with E-state index in [1.807, 2.05) is 13.0 Å². The van der Waals surface area contributed by atoms with Crippen LogP contribution in [0.4, 0.5) is 0 Å². The summed E-state index contributed by atoms with van der Waals surface area (Å²) in [6, 6.07) is 1.91. The second kappa shape index (κ2) is 3.63. The summed E-state index contributed by atoms with van der Waals surface area (Å²) in [5.74, 6) is 0.761. The van der Waals surface area contributed by atoms with Crippen LogP contribution < -0.4 is 5.73 Å². The third kappa shape index (κ3) is 1.42. The first-order valence-electron chi connectivity index (χ1n) is 4.51. The first kappa shape index (κ1) is 8.96. The monoisotopic (exact) mass is 192 g/mol. The predicted octanol–water partition coefficient (Wildman–Crippen LogP) is 1.02. The van der Waals surface area contributed by atoms with E-state index in [-0.39, 0.29) is 0 Å². The van der Waals surface area contributed by atoms with Gasteiger partial charge < -0.3 is 10.2 Å². The Balaban J connectivity index is 2.38. The van der Waals surface area contributed by atoms with E-state index in [9.17, 15) is 0 Å². The van der Waals surface area contributed by atoms with Crippen LogP contribution in [0.2, 0.25) is 0 Å². The number of hydrogen-bond acceptors (Lipinski definition) is 4. The zero-order chi connectivity index (χ0) is 9.97. The molecule has 74 valence electrons. The molecule has 0 unspecified atom stereocenters. The summed E-state index contributed by atoms with van der Waals surface area (Å²) >= 11 is 0. The maximum absolute atomic E-state index is 5.49. The van der Waals surface area contributed by atoms with Gasteiger partial charge in [0, 0.05) is 18.7 Å². The SMILES string of the molecule is CCn1nncc1-c1cc(CN)co1. The molecule has 0 aliphatic carbocycles. The van der Waals surface area contributed by atoms with Crippen LogP contribution in [0.15, 0.2) is 22.9 Å². The van der Waals surface area contributed by atoms with Crippen molar-refractivity contribution in [2.45, 2.75) is 20.0 Å². The summed E-state index contributed by atoms with van der Waals surface area (Å²) in [6.45, 7) is 3.26. The molecular weight excluding hydrogens is 180 g/mol. The van der Waals surface area contributed by atoms with Crippen molar-refractivity contribution in [2.24, 2.45) is 5.73 Å². The topological polar surface area (TPSA) is 69.9 Å². The quantitative estimate of drug-likeness (QED) is 0.788. The molecule has 2 aromatic rings. The Bertz CT molecular complexity index is 418. The number of nitrogens with two attached hydrogens (primary N) is 1. The Kier molecular flexibility index (Phi) is 2.32. The van der Waals surface area contributed by atoms with Gasteiger partial charge in [0.15, 0.2) is 5.76 Å². The van der Waals surface area contributed by atoms with E-state index in [0.29, 0.717) is 6.54 Å². The molecule has 0 fully saturated rings. The Morgan fingerprint density at radius 3 is 3.07 bits per heavy atom. The molecular formula is C9H12N4O. The Morgan fingerprint density at radius 2 is 2.43 bits per heavy atom. The van der Waals surface area contributed by atoms with Crippen molar-refractivity contribution in [3.63, 3.8) is 0 Å². The molecule has 0 spiro atoms. The van der Waals surface area contributed by atoms with Crippen molar-refractivity contribution < 1.29 is 4.42 Å². The minimum atomic E-state index is 0.483. The van der Waals surface area contributed by atoms with Crippen molar-refractivity contribution in [3.05, 3.63) is 24.1 Å². The number of furan rings is 1. The highest BCUT2D eigenvalue weighted by Crippen LogP contribution is 2.20. The average molecular weight is 192 g/mol. The lowest BCUT2D eigenvalue weighted by Gasteiger charge is -1.97. The summed E-state index contributed by atoms with van der Waals surface area (Å²) in [5, 5.41) is 7.75. The fourth-order valence-corrected chi connectivity index (χ4v) is 1.30. The van der Waals surface area contributed by atoms with Crippen molar-refractivity contribution in [2.75, 3.05) is 0 Å². The molecule has 5 nitrogen and oxygen atoms in total. The second-order valence-corrected chi connectivity index (χ2v) is 2.96. The van der Waals surface area contributed by atoms with Gasteiger partial charge in [-0.1, -0.05) is 5.21 Å². The Morgan fingerprint density at radius 1 is 1.57 bits per heavy atom. The van der Waals surface area contributed by atoms with E-state index in [1.54, 1.807) is 17.1 Å². The first-order chi connectivity index (χ1) is 6.85. The van der Waals surface area contributed by atoms with Gasteiger partial charge in [-0.2, -0.15) is 0 Å². The van der Waals surface area contributed by atoms with E-state index < -0.39 is 0 Å². The van der Waals surface area contributed by atoms with Crippen LogP contribution in [0.3, 0.4) is 0 Å². The molecule has 5 heteroatoms. The van der Waals surface area contributed by atoms with E-state index in [0.717, 1.165) is 23.6 Å². The minimum absolute atomic E-state index is 0.483. The Hall–Kier alpha value is -1.62. The van der Waals surface area contributed by atoms with Gasteiger partial charge in [-0.3, -0.25) is 0 Å². The fourth-order valence-electron chi connectivity index (χ4n) is 1.30. The average Bonchev–Trinajstić information content (AvgIpc) is 2.85. The molecule has 0 saturated carbocycles. The van der Waals surface area contributed by atoms with Gasteiger partial charge in [-0.15, -0.1) is 5.10 Å². The van der Waals surface area contributed by atoms with Crippen LogP contribution in [0.5, 0.6) is 0 Å². The molecule has 0 aliphatic rings. The van der Waals surface area contributed by atoms with Crippen LogP contribution in [0.1, 0.15) is 12.5 Å². The maximum atomic E-state index is 5.49. The van der Waals surface area contributed by atoms with Crippen LogP contribution in [-0.2, 0) is 13.1 Å². The van der Waals surface area contributed by atoms with Crippen LogP contribution in [0, 0.1) is 0 Å². The molecule has 0 aliphatic heterocycles. The van der Waals surface area contributed by atoms with Crippen LogP contribution >= 0.6 is 0 Å². The van der Waals surface area contributed by atoms with Crippen molar-refractivity contribution in [3.8, 4) is 11.5 Å².